The summed E-state index contributed by atoms with van der Waals surface area (Å²) in [6, 6.07) is 3.72. The van der Waals surface area contributed by atoms with Gasteiger partial charge in [0, 0.05) is 31.1 Å². The van der Waals surface area contributed by atoms with Crippen molar-refractivity contribution in [2.45, 2.75) is 13.1 Å². The Kier molecular flexibility index (Phi) is 4.53. The van der Waals surface area contributed by atoms with E-state index in [0.717, 1.165) is 12.3 Å². The Morgan fingerprint density at radius 2 is 2.22 bits per heavy atom. The SMILES string of the molecule is CN(Cc1nccn1C(F)F)c1ccc(C(N)=O)cc1[N+](=O)[O-]. The molecule has 0 saturated carbocycles. The zero-order valence-electron chi connectivity index (χ0n) is 12.0. The number of amides is 1. The number of nitrogens with two attached hydrogens (primary N) is 1. The normalized spacial score (nSPS) is 10.8. The van der Waals surface area contributed by atoms with E-state index >= 15 is 0 Å². The summed E-state index contributed by atoms with van der Waals surface area (Å²) in [6.45, 7) is -2.83. The van der Waals surface area contributed by atoms with Crippen molar-refractivity contribution in [2.24, 2.45) is 5.73 Å². The Morgan fingerprint density at radius 1 is 1.52 bits per heavy atom. The molecular weight excluding hydrogens is 312 g/mol. The molecule has 1 amide bonds. The number of nitrogens with zero attached hydrogens (tertiary/aromatic N) is 4. The van der Waals surface area contributed by atoms with E-state index in [9.17, 15) is 23.7 Å². The third-order valence-electron chi connectivity index (χ3n) is 3.21. The Labute approximate surface area is 129 Å². The number of anilines is 1. The van der Waals surface area contributed by atoms with Gasteiger partial charge in [-0.05, 0) is 12.1 Å². The zero-order valence-corrected chi connectivity index (χ0v) is 12.0. The zero-order chi connectivity index (χ0) is 17.1. The highest BCUT2D eigenvalue weighted by atomic mass is 19.3. The van der Waals surface area contributed by atoms with E-state index in [2.05, 4.69) is 4.98 Å². The molecule has 122 valence electrons. The maximum absolute atomic E-state index is 12.8. The lowest BCUT2D eigenvalue weighted by atomic mass is 10.1. The average Bonchev–Trinajstić information content (AvgIpc) is 2.94. The summed E-state index contributed by atoms with van der Waals surface area (Å²) < 4.78 is 26.3. The van der Waals surface area contributed by atoms with Crippen LogP contribution in [0.2, 0.25) is 0 Å². The lowest BCUT2D eigenvalue weighted by molar-refractivity contribution is -0.384. The number of nitro groups is 1. The van der Waals surface area contributed by atoms with Crippen molar-refractivity contribution in [1.29, 1.82) is 0 Å². The summed E-state index contributed by atoms with van der Waals surface area (Å²) in [4.78, 5) is 26.8. The van der Waals surface area contributed by atoms with E-state index in [4.69, 9.17) is 5.73 Å². The number of carbonyl (C=O) groups excluding carboxylic acids is 1. The molecule has 0 aliphatic rings. The summed E-state index contributed by atoms with van der Waals surface area (Å²) in [5, 5.41) is 11.2. The molecule has 0 saturated heterocycles. The molecular formula is C13H13F2N5O3. The van der Waals surface area contributed by atoms with Crippen LogP contribution in [0.1, 0.15) is 22.7 Å². The fourth-order valence-electron chi connectivity index (χ4n) is 2.09. The standard InChI is InChI=1S/C13H13F2N5O3/c1-18(7-11-17-4-5-19(11)13(14)15)9-3-2-8(12(16)21)6-10(9)20(22)23/h2-6,13H,7H2,1H3,(H2,16,21). The molecule has 0 atom stereocenters. The topological polar surface area (TPSA) is 107 Å². The Morgan fingerprint density at radius 3 is 2.78 bits per heavy atom. The van der Waals surface area contributed by atoms with Crippen molar-refractivity contribution in [3.05, 3.63) is 52.1 Å². The number of nitro benzene ring substituents is 1. The molecule has 1 aromatic carbocycles. The molecule has 0 radical (unpaired) electrons. The molecule has 2 rings (SSSR count). The molecule has 0 aliphatic carbocycles. The van der Waals surface area contributed by atoms with Gasteiger partial charge in [-0.3, -0.25) is 19.5 Å². The number of imidazole rings is 1. The molecule has 23 heavy (non-hydrogen) atoms. The monoisotopic (exact) mass is 325 g/mol. The molecule has 0 fully saturated rings. The van der Waals surface area contributed by atoms with Gasteiger partial charge in [-0.2, -0.15) is 8.78 Å². The molecule has 1 heterocycles. The largest absolute Gasteiger partial charge is 0.366 e. The predicted molar refractivity (Wildman–Crippen MR) is 77.2 cm³/mol. The second-order valence-electron chi connectivity index (χ2n) is 4.71. The maximum Gasteiger partial charge on any atom is 0.319 e. The number of carbonyl (C=O) groups is 1. The summed E-state index contributed by atoms with van der Waals surface area (Å²) in [5.74, 6) is -0.744. The molecule has 0 aliphatic heterocycles. The minimum absolute atomic E-state index is 0.0112. The lowest BCUT2D eigenvalue weighted by Crippen LogP contribution is -2.21. The van der Waals surface area contributed by atoms with E-state index in [1.165, 1.54) is 30.3 Å². The van der Waals surface area contributed by atoms with Crippen molar-refractivity contribution in [2.75, 3.05) is 11.9 Å². The van der Waals surface area contributed by atoms with Gasteiger partial charge in [0.1, 0.15) is 11.5 Å². The third-order valence-corrected chi connectivity index (χ3v) is 3.21. The molecule has 0 bridgehead atoms. The quantitative estimate of drug-likeness (QED) is 0.645. The third kappa shape index (κ3) is 3.42. The van der Waals surface area contributed by atoms with Crippen LogP contribution in [-0.2, 0) is 6.54 Å². The highest BCUT2D eigenvalue weighted by Gasteiger charge is 2.21. The number of primary amides is 1. The second-order valence-corrected chi connectivity index (χ2v) is 4.71. The molecule has 2 N–H and O–H groups in total. The van der Waals surface area contributed by atoms with E-state index in [1.54, 1.807) is 0 Å². The predicted octanol–water partition coefficient (Wildman–Crippen LogP) is 1.92. The first-order chi connectivity index (χ1) is 10.8. The Hall–Kier alpha value is -3.04. The van der Waals surface area contributed by atoms with Crippen LogP contribution in [-0.4, -0.2) is 27.4 Å². The van der Waals surface area contributed by atoms with Crippen LogP contribution in [0.15, 0.2) is 30.6 Å². The van der Waals surface area contributed by atoms with Crippen LogP contribution in [0.25, 0.3) is 0 Å². The van der Waals surface area contributed by atoms with Crippen LogP contribution in [0, 0.1) is 10.1 Å². The number of halogens is 2. The van der Waals surface area contributed by atoms with Crippen LogP contribution < -0.4 is 10.6 Å². The number of rotatable bonds is 6. The lowest BCUT2D eigenvalue weighted by Gasteiger charge is -2.19. The van der Waals surface area contributed by atoms with Crippen molar-refractivity contribution in [1.82, 2.24) is 9.55 Å². The van der Waals surface area contributed by atoms with E-state index in [-0.39, 0.29) is 29.3 Å². The minimum Gasteiger partial charge on any atom is -0.366 e. The van der Waals surface area contributed by atoms with Gasteiger partial charge in [0.15, 0.2) is 0 Å². The van der Waals surface area contributed by atoms with Crippen molar-refractivity contribution in [3.8, 4) is 0 Å². The summed E-state index contributed by atoms with van der Waals surface area (Å²) in [5.41, 5.74) is 4.90. The molecule has 2 aromatic rings. The van der Waals surface area contributed by atoms with Gasteiger partial charge in [0.05, 0.1) is 11.5 Å². The molecule has 8 nitrogen and oxygen atoms in total. The molecule has 10 heteroatoms. The van der Waals surface area contributed by atoms with Crippen molar-refractivity contribution >= 4 is 17.3 Å². The van der Waals surface area contributed by atoms with Gasteiger partial charge in [-0.25, -0.2) is 4.98 Å². The van der Waals surface area contributed by atoms with E-state index in [0.29, 0.717) is 4.57 Å². The number of hydrogen-bond acceptors (Lipinski definition) is 5. The number of benzene rings is 1. The fourth-order valence-corrected chi connectivity index (χ4v) is 2.09. The smallest absolute Gasteiger partial charge is 0.319 e. The number of hydrogen-bond donors (Lipinski definition) is 1. The van der Waals surface area contributed by atoms with Gasteiger partial charge in [0.25, 0.3) is 5.69 Å². The molecule has 1 aromatic heterocycles. The highest BCUT2D eigenvalue weighted by molar-refractivity contribution is 5.94. The fraction of sp³-hybridized carbons (Fsp3) is 0.231. The summed E-state index contributed by atoms with van der Waals surface area (Å²) >= 11 is 0. The van der Waals surface area contributed by atoms with E-state index in [1.807, 2.05) is 0 Å². The van der Waals surface area contributed by atoms with Gasteiger partial charge in [-0.1, -0.05) is 0 Å². The Bertz CT molecular complexity index is 747. The highest BCUT2D eigenvalue weighted by Crippen LogP contribution is 2.29. The first-order valence-electron chi connectivity index (χ1n) is 6.40. The van der Waals surface area contributed by atoms with Crippen LogP contribution in [0.4, 0.5) is 20.2 Å². The van der Waals surface area contributed by atoms with Gasteiger partial charge in [0.2, 0.25) is 5.91 Å². The van der Waals surface area contributed by atoms with Crippen LogP contribution in [0.5, 0.6) is 0 Å². The molecule has 0 unspecified atom stereocenters. The van der Waals surface area contributed by atoms with Gasteiger partial charge >= 0.3 is 6.55 Å². The number of alkyl halides is 2. The first kappa shape index (κ1) is 16.3. The maximum atomic E-state index is 12.8. The average molecular weight is 325 g/mol. The van der Waals surface area contributed by atoms with Gasteiger partial charge in [-0.15, -0.1) is 0 Å². The van der Waals surface area contributed by atoms with Crippen LogP contribution in [0.3, 0.4) is 0 Å². The molecule has 0 spiro atoms. The number of aromatic nitrogens is 2. The minimum atomic E-state index is -2.76. The summed E-state index contributed by atoms with van der Waals surface area (Å²) in [6.07, 6.45) is 2.35. The second kappa shape index (κ2) is 6.38. The van der Waals surface area contributed by atoms with E-state index < -0.39 is 17.4 Å². The first-order valence-corrected chi connectivity index (χ1v) is 6.40. The van der Waals surface area contributed by atoms with Crippen molar-refractivity contribution < 1.29 is 18.5 Å². The van der Waals surface area contributed by atoms with Crippen LogP contribution >= 0.6 is 0 Å². The van der Waals surface area contributed by atoms with Gasteiger partial charge < -0.3 is 10.6 Å². The Balaban J connectivity index is 2.35. The summed E-state index contributed by atoms with van der Waals surface area (Å²) in [7, 11) is 1.50. The van der Waals surface area contributed by atoms with Crippen molar-refractivity contribution in [3.63, 3.8) is 0 Å².